The largest absolute Gasteiger partial charge is 0.465 e. The maximum absolute atomic E-state index is 12.0. The van der Waals surface area contributed by atoms with Gasteiger partial charge in [0.05, 0.1) is 18.2 Å². The van der Waals surface area contributed by atoms with Gasteiger partial charge in [0.15, 0.2) is 0 Å². The molecule has 3 aromatic rings. The Bertz CT molecular complexity index is 803. The van der Waals surface area contributed by atoms with Crippen LogP contribution in [0.4, 0.5) is 0 Å². The number of rotatable bonds is 4. The van der Waals surface area contributed by atoms with Gasteiger partial charge in [0.2, 0.25) is 0 Å². The summed E-state index contributed by atoms with van der Waals surface area (Å²) in [7, 11) is 1.39. The van der Waals surface area contributed by atoms with E-state index in [9.17, 15) is 4.79 Å². The number of aromatic nitrogens is 1. The summed E-state index contributed by atoms with van der Waals surface area (Å²) in [5.74, 6) is 0.407. The summed E-state index contributed by atoms with van der Waals surface area (Å²) in [5.41, 5.74) is 2.59. The van der Waals surface area contributed by atoms with Crippen LogP contribution in [0.5, 0.6) is 0 Å². The lowest BCUT2D eigenvalue weighted by Crippen LogP contribution is -2.05. The van der Waals surface area contributed by atoms with Crippen LogP contribution in [-0.4, -0.2) is 18.1 Å². The maximum atomic E-state index is 12.0. The second kappa shape index (κ2) is 6.62. The number of thioether (sulfide) groups is 1. The van der Waals surface area contributed by atoms with Crippen molar-refractivity contribution in [3.05, 3.63) is 71.8 Å². The minimum absolute atomic E-state index is 0.353. The highest BCUT2D eigenvalue weighted by molar-refractivity contribution is 7.98. The van der Waals surface area contributed by atoms with Crippen molar-refractivity contribution in [1.29, 1.82) is 0 Å². The molecule has 110 valence electrons. The third kappa shape index (κ3) is 3.12. The molecule has 3 rings (SSSR count). The molecule has 0 unspecified atom stereocenters. The second-order valence-electron chi connectivity index (χ2n) is 4.80. The Labute approximate surface area is 133 Å². The van der Waals surface area contributed by atoms with Gasteiger partial charge in [0, 0.05) is 11.1 Å². The van der Waals surface area contributed by atoms with Crippen LogP contribution >= 0.6 is 11.8 Å². The highest BCUT2D eigenvalue weighted by Gasteiger charge is 2.15. The van der Waals surface area contributed by atoms with Gasteiger partial charge in [0.25, 0.3) is 0 Å². The first kappa shape index (κ1) is 14.6. The molecule has 0 aliphatic carbocycles. The van der Waals surface area contributed by atoms with Gasteiger partial charge >= 0.3 is 5.97 Å². The monoisotopic (exact) mass is 309 g/mol. The molecule has 1 heterocycles. The zero-order chi connectivity index (χ0) is 15.4. The molecule has 3 nitrogen and oxygen atoms in total. The Balaban J connectivity index is 1.97. The van der Waals surface area contributed by atoms with E-state index in [0.717, 1.165) is 16.7 Å². The van der Waals surface area contributed by atoms with E-state index in [1.807, 2.05) is 48.5 Å². The van der Waals surface area contributed by atoms with Crippen LogP contribution in [0.15, 0.2) is 65.7 Å². The first-order chi connectivity index (χ1) is 10.8. The van der Waals surface area contributed by atoms with Crippen molar-refractivity contribution in [2.24, 2.45) is 0 Å². The first-order valence-corrected chi connectivity index (χ1v) is 7.91. The summed E-state index contributed by atoms with van der Waals surface area (Å²) in [4.78, 5) is 16.6. The number of fused-ring (bicyclic) bond motifs is 1. The molecule has 0 N–H and O–H groups in total. The molecule has 0 fully saturated rings. The zero-order valence-corrected chi connectivity index (χ0v) is 13.0. The summed E-state index contributed by atoms with van der Waals surface area (Å²) in [6.45, 7) is 0. The number of carbonyl (C=O) groups is 1. The molecule has 0 aliphatic heterocycles. The average Bonchev–Trinajstić information content (AvgIpc) is 2.59. The topological polar surface area (TPSA) is 39.2 Å². The fourth-order valence-corrected chi connectivity index (χ4v) is 3.15. The summed E-state index contributed by atoms with van der Waals surface area (Å²) >= 11 is 1.55. The molecule has 22 heavy (non-hydrogen) atoms. The number of para-hydroxylation sites is 1. The zero-order valence-electron chi connectivity index (χ0n) is 12.2. The molecular formula is C18H15NO2S. The fourth-order valence-electron chi connectivity index (χ4n) is 2.19. The van der Waals surface area contributed by atoms with Crippen LogP contribution < -0.4 is 0 Å². The standard InChI is InChI=1S/C18H15NO2S/c1-21-18(20)15-11-14-9-5-6-10-16(14)19-17(15)22-12-13-7-3-2-4-8-13/h2-11H,12H2,1H3. The molecule has 0 saturated carbocycles. The molecule has 0 amide bonds. The minimum Gasteiger partial charge on any atom is -0.465 e. The molecule has 0 bridgehead atoms. The van der Waals surface area contributed by atoms with E-state index in [4.69, 9.17) is 4.74 Å². The first-order valence-electron chi connectivity index (χ1n) is 6.93. The molecule has 0 atom stereocenters. The average molecular weight is 309 g/mol. The predicted molar refractivity (Wildman–Crippen MR) is 89.1 cm³/mol. The SMILES string of the molecule is COC(=O)c1cc2ccccc2nc1SCc1ccccc1. The maximum Gasteiger partial charge on any atom is 0.340 e. The van der Waals surface area contributed by atoms with E-state index in [2.05, 4.69) is 17.1 Å². The number of hydrogen-bond donors (Lipinski definition) is 0. The van der Waals surface area contributed by atoms with Gasteiger partial charge in [-0.25, -0.2) is 9.78 Å². The molecule has 1 aromatic heterocycles. The van der Waals surface area contributed by atoms with Gasteiger partial charge in [-0.1, -0.05) is 48.5 Å². The fraction of sp³-hybridized carbons (Fsp3) is 0.111. The smallest absolute Gasteiger partial charge is 0.340 e. The van der Waals surface area contributed by atoms with Crippen LogP contribution in [0.1, 0.15) is 15.9 Å². The predicted octanol–water partition coefficient (Wildman–Crippen LogP) is 4.31. The van der Waals surface area contributed by atoms with Crippen LogP contribution in [0, 0.1) is 0 Å². The molecule has 0 spiro atoms. The van der Waals surface area contributed by atoms with E-state index in [0.29, 0.717) is 10.6 Å². The van der Waals surface area contributed by atoms with Crippen molar-refractivity contribution in [1.82, 2.24) is 4.98 Å². The van der Waals surface area contributed by atoms with Crippen molar-refractivity contribution in [2.45, 2.75) is 10.8 Å². The van der Waals surface area contributed by atoms with Crippen molar-refractivity contribution in [2.75, 3.05) is 7.11 Å². The lowest BCUT2D eigenvalue weighted by molar-refractivity contribution is 0.0596. The van der Waals surface area contributed by atoms with Crippen molar-refractivity contribution >= 4 is 28.6 Å². The highest BCUT2D eigenvalue weighted by atomic mass is 32.2. The van der Waals surface area contributed by atoms with Crippen molar-refractivity contribution in [3.8, 4) is 0 Å². The van der Waals surface area contributed by atoms with Gasteiger partial charge < -0.3 is 4.74 Å². The van der Waals surface area contributed by atoms with E-state index in [-0.39, 0.29) is 5.97 Å². The molecule has 0 saturated heterocycles. The number of hydrogen-bond acceptors (Lipinski definition) is 4. The lowest BCUT2D eigenvalue weighted by Gasteiger charge is -2.09. The number of pyridine rings is 1. The van der Waals surface area contributed by atoms with Crippen LogP contribution in [0.2, 0.25) is 0 Å². The summed E-state index contributed by atoms with van der Waals surface area (Å²) in [6, 6.07) is 19.7. The van der Waals surface area contributed by atoms with Gasteiger partial charge in [0.1, 0.15) is 5.03 Å². The number of methoxy groups -OCH3 is 1. The third-order valence-corrected chi connectivity index (χ3v) is 4.37. The molecule has 0 radical (unpaired) electrons. The third-order valence-electron chi connectivity index (χ3n) is 3.31. The lowest BCUT2D eigenvalue weighted by atomic mass is 10.1. The van der Waals surface area contributed by atoms with Crippen LogP contribution in [0.25, 0.3) is 10.9 Å². The number of carbonyl (C=O) groups excluding carboxylic acids is 1. The Hall–Kier alpha value is -2.33. The summed E-state index contributed by atoms with van der Waals surface area (Å²) < 4.78 is 4.89. The van der Waals surface area contributed by atoms with Crippen LogP contribution in [-0.2, 0) is 10.5 Å². The van der Waals surface area contributed by atoms with Gasteiger partial charge in [-0.3, -0.25) is 0 Å². The Morgan fingerprint density at radius 1 is 1.09 bits per heavy atom. The highest BCUT2D eigenvalue weighted by Crippen LogP contribution is 2.28. The van der Waals surface area contributed by atoms with E-state index >= 15 is 0 Å². The van der Waals surface area contributed by atoms with Crippen molar-refractivity contribution in [3.63, 3.8) is 0 Å². The number of nitrogens with zero attached hydrogens (tertiary/aromatic N) is 1. The minimum atomic E-state index is -0.353. The number of esters is 1. The molecule has 0 aliphatic rings. The van der Waals surface area contributed by atoms with Gasteiger partial charge in [-0.15, -0.1) is 11.8 Å². The summed E-state index contributed by atoms with van der Waals surface area (Å²) in [5, 5.41) is 1.64. The van der Waals surface area contributed by atoms with E-state index < -0.39 is 0 Å². The molecule has 4 heteroatoms. The van der Waals surface area contributed by atoms with Gasteiger partial charge in [-0.05, 0) is 17.7 Å². The van der Waals surface area contributed by atoms with Crippen molar-refractivity contribution < 1.29 is 9.53 Å². The number of benzene rings is 2. The quantitative estimate of drug-likeness (QED) is 0.531. The van der Waals surface area contributed by atoms with E-state index in [1.165, 1.54) is 12.7 Å². The molecule has 2 aromatic carbocycles. The Morgan fingerprint density at radius 3 is 2.59 bits per heavy atom. The Morgan fingerprint density at radius 2 is 1.82 bits per heavy atom. The molecular weight excluding hydrogens is 294 g/mol. The summed E-state index contributed by atoms with van der Waals surface area (Å²) in [6.07, 6.45) is 0. The Kier molecular flexibility index (Phi) is 4.39. The van der Waals surface area contributed by atoms with Crippen LogP contribution in [0.3, 0.4) is 0 Å². The van der Waals surface area contributed by atoms with Gasteiger partial charge in [-0.2, -0.15) is 0 Å². The normalized spacial score (nSPS) is 10.6. The van der Waals surface area contributed by atoms with E-state index in [1.54, 1.807) is 11.8 Å². The second-order valence-corrected chi connectivity index (χ2v) is 5.76. The number of ether oxygens (including phenoxy) is 1.